The second-order valence-electron chi connectivity index (χ2n) is 8.74. The summed E-state index contributed by atoms with van der Waals surface area (Å²) in [6.45, 7) is 6.55. The molecule has 0 fully saturated rings. The van der Waals surface area contributed by atoms with Crippen molar-refractivity contribution < 1.29 is 17.9 Å². The molecule has 0 spiro atoms. The molecule has 1 amide bonds. The number of hydrogen-bond acceptors (Lipinski definition) is 7. The van der Waals surface area contributed by atoms with Crippen molar-refractivity contribution in [2.75, 3.05) is 24.7 Å². The van der Waals surface area contributed by atoms with E-state index in [0.717, 1.165) is 11.1 Å². The third-order valence-electron chi connectivity index (χ3n) is 5.95. The number of aromatic nitrogens is 4. The molecule has 0 unspecified atom stereocenters. The quantitative estimate of drug-likeness (QED) is 0.506. The van der Waals surface area contributed by atoms with Gasteiger partial charge in [0.2, 0.25) is 10.0 Å². The molecular weight excluding hydrogens is 468 g/mol. The fraction of sp³-hybridized carbons (Fsp3) is 0.417. The van der Waals surface area contributed by atoms with Gasteiger partial charge in [0.05, 0.1) is 18.4 Å². The predicted molar refractivity (Wildman–Crippen MR) is 133 cm³/mol. The fourth-order valence-corrected chi connectivity index (χ4v) is 5.63. The van der Waals surface area contributed by atoms with Gasteiger partial charge in [-0.3, -0.25) is 4.79 Å². The minimum Gasteiger partial charge on any atom is -0.496 e. The molecular formula is C24H30N6O4S. The second kappa shape index (κ2) is 10.1. The van der Waals surface area contributed by atoms with Crippen molar-refractivity contribution in [3.63, 3.8) is 0 Å². The van der Waals surface area contributed by atoms with Crippen LogP contribution in [0.2, 0.25) is 0 Å². The molecule has 3 heterocycles. The molecule has 0 bridgehead atoms. The van der Waals surface area contributed by atoms with Gasteiger partial charge >= 0.3 is 0 Å². The van der Waals surface area contributed by atoms with Gasteiger partial charge in [0.15, 0.2) is 5.82 Å². The van der Waals surface area contributed by atoms with Crippen LogP contribution in [0, 0.1) is 0 Å². The molecule has 1 aliphatic heterocycles. The van der Waals surface area contributed by atoms with Crippen molar-refractivity contribution in [3.8, 4) is 17.3 Å². The third-order valence-corrected chi connectivity index (χ3v) is 7.97. The van der Waals surface area contributed by atoms with Crippen molar-refractivity contribution in [2.45, 2.75) is 46.2 Å². The van der Waals surface area contributed by atoms with Crippen LogP contribution in [0.25, 0.3) is 11.5 Å². The second-order valence-corrected chi connectivity index (χ2v) is 10.8. The summed E-state index contributed by atoms with van der Waals surface area (Å²) in [5.74, 6) is 1.11. The number of benzene rings is 1. The van der Waals surface area contributed by atoms with Crippen molar-refractivity contribution in [3.05, 3.63) is 53.3 Å². The molecule has 4 rings (SSSR count). The Bertz CT molecular complexity index is 1340. The Morgan fingerprint density at radius 1 is 1.23 bits per heavy atom. The molecule has 186 valence electrons. The van der Waals surface area contributed by atoms with Gasteiger partial charge in [-0.25, -0.2) is 13.4 Å². The van der Waals surface area contributed by atoms with Crippen LogP contribution in [-0.2, 0) is 23.0 Å². The summed E-state index contributed by atoms with van der Waals surface area (Å²) in [7, 11) is -1.82. The molecule has 10 nitrogen and oxygen atoms in total. The lowest BCUT2D eigenvalue weighted by molar-refractivity contribution is 0.102. The highest BCUT2D eigenvalue weighted by atomic mass is 32.2. The van der Waals surface area contributed by atoms with Gasteiger partial charge in [0, 0.05) is 19.1 Å². The lowest BCUT2D eigenvalue weighted by Gasteiger charge is -2.29. The first kappa shape index (κ1) is 24.8. The molecule has 1 aromatic carbocycles. The first-order valence-corrected chi connectivity index (χ1v) is 13.2. The highest BCUT2D eigenvalue weighted by Gasteiger charge is 2.28. The number of nitrogens with zero attached hydrogens (tertiary/aromatic N) is 5. The summed E-state index contributed by atoms with van der Waals surface area (Å²) in [5.41, 5.74) is 2.69. The number of nitrogens with one attached hydrogen (secondary N) is 1. The number of amides is 1. The maximum Gasteiger partial charge on any atom is 0.260 e. The standard InChI is InChI=1S/C24H30N6O4S/c1-5-11-35(32,33)29-10-9-17-13-21(34-4)19(12-18(17)14-29)24(31)27-22-8-6-7-20(26-22)23-28-25-15-30(23)16(2)3/h6-8,12-13,15-16H,5,9-11,14H2,1-4H3,(H,26,27,31). The summed E-state index contributed by atoms with van der Waals surface area (Å²) in [6.07, 6.45) is 2.77. The van der Waals surface area contributed by atoms with E-state index in [4.69, 9.17) is 4.74 Å². The van der Waals surface area contributed by atoms with E-state index >= 15 is 0 Å². The number of pyridine rings is 1. The number of carbonyl (C=O) groups excluding carboxylic acids is 1. The average molecular weight is 499 g/mol. The summed E-state index contributed by atoms with van der Waals surface area (Å²) >= 11 is 0. The van der Waals surface area contributed by atoms with Crippen molar-refractivity contribution in [1.82, 2.24) is 24.1 Å². The Morgan fingerprint density at radius 3 is 2.74 bits per heavy atom. The van der Waals surface area contributed by atoms with Gasteiger partial charge in [0.25, 0.3) is 5.91 Å². The van der Waals surface area contributed by atoms with Crippen molar-refractivity contribution in [1.29, 1.82) is 0 Å². The van der Waals surface area contributed by atoms with Gasteiger partial charge in [-0.2, -0.15) is 4.31 Å². The first-order chi connectivity index (χ1) is 16.7. The number of rotatable bonds is 8. The van der Waals surface area contributed by atoms with E-state index in [9.17, 15) is 13.2 Å². The maximum absolute atomic E-state index is 13.2. The van der Waals surface area contributed by atoms with Crippen LogP contribution in [0.1, 0.15) is 54.7 Å². The monoisotopic (exact) mass is 498 g/mol. The number of ether oxygens (including phenoxy) is 1. The zero-order valence-electron chi connectivity index (χ0n) is 20.4. The Kier molecular flexibility index (Phi) is 7.18. The number of fused-ring (bicyclic) bond motifs is 1. The molecule has 1 N–H and O–H groups in total. The Morgan fingerprint density at radius 2 is 2.03 bits per heavy atom. The van der Waals surface area contributed by atoms with E-state index in [0.29, 0.717) is 48.0 Å². The Labute approximate surface area is 205 Å². The molecule has 0 aliphatic carbocycles. The van der Waals surface area contributed by atoms with Gasteiger partial charge in [-0.1, -0.05) is 13.0 Å². The topological polar surface area (TPSA) is 119 Å². The SMILES string of the molecule is CCCS(=O)(=O)N1CCc2cc(OC)c(C(=O)Nc3cccc(-c4nncn4C(C)C)n3)cc2C1. The van der Waals surface area contributed by atoms with Gasteiger partial charge in [0.1, 0.15) is 23.6 Å². The van der Waals surface area contributed by atoms with Crippen LogP contribution in [0.3, 0.4) is 0 Å². The molecule has 0 radical (unpaired) electrons. The van der Waals surface area contributed by atoms with E-state index < -0.39 is 15.9 Å². The lowest BCUT2D eigenvalue weighted by atomic mass is 9.97. The molecule has 11 heteroatoms. The molecule has 0 saturated heterocycles. The summed E-state index contributed by atoms with van der Waals surface area (Å²) in [5, 5.41) is 11.0. The van der Waals surface area contributed by atoms with Crippen LogP contribution in [0.4, 0.5) is 5.82 Å². The number of carbonyl (C=O) groups is 1. The van der Waals surface area contributed by atoms with Crippen LogP contribution < -0.4 is 10.1 Å². The van der Waals surface area contributed by atoms with Crippen LogP contribution in [-0.4, -0.2) is 57.8 Å². The number of methoxy groups -OCH3 is 1. The Hall–Kier alpha value is -3.31. The van der Waals surface area contributed by atoms with Gasteiger partial charge < -0.3 is 14.6 Å². The van der Waals surface area contributed by atoms with Crippen molar-refractivity contribution in [2.24, 2.45) is 0 Å². The highest BCUT2D eigenvalue weighted by molar-refractivity contribution is 7.89. The fourth-order valence-electron chi connectivity index (χ4n) is 4.15. The first-order valence-electron chi connectivity index (χ1n) is 11.6. The normalized spacial score (nSPS) is 14.1. The van der Waals surface area contributed by atoms with E-state index in [1.807, 2.05) is 37.5 Å². The highest BCUT2D eigenvalue weighted by Crippen LogP contribution is 2.30. The van der Waals surface area contributed by atoms with Gasteiger partial charge in [-0.15, -0.1) is 10.2 Å². The third kappa shape index (κ3) is 5.20. The van der Waals surface area contributed by atoms with Crippen LogP contribution >= 0.6 is 0 Å². The maximum atomic E-state index is 13.2. The van der Waals surface area contributed by atoms with Gasteiger partial charge in [-0.05, 0) is 62.1 Å². The number of hydrogen-bond donors (Lipinski definition) is 1. The van der Waals surface area contributed by atoms with E-state index in [1.165, 1.54) is 11.4 Å². The van der Waals surface area contributed by atoms with E-state index in [-0.39, 0.29) is 18.3 Å². The Balaban J connectivity index is 1.60. The smallest absolute Gasteiger partial charge is 0.260 e. The molecule has 35 heavy (non-hydrogen) atoms. The number of anilines is 1. The molecule has 0 atom stereocenters. The molecule has 3 aromatic rings. The summed E-state index contributed by atoms with van der Waals surface area (Å²) < 4.78 is 34.0. The molecule has 1 aliphatic rings. The minimum atomic E-state index is -3.33. The largest absolute Gasteiger partial charge is 0.496 e. The van der Waals surface area contributed by atoms with Crippen molar-refractivity contribution >= 4 is 21.7 Å². The summed E-state index contributed by atoms with van der Waals surface area (Å²) in [4.78, 5) is 17.8. The van der Waals surface area contributed by atoms with Crippen LogP contribution in [0.5, 0.6) is 5.75 Å². The zero-order valence-corrected chi connectivity index (χ0v) is 21.2. The molecule has 0 saturated carbocycles. The van der Waals surface area contributed by atoms with E-state index in [2.05, 4.69) is 20.5 Å². The number of sulfonamides is 1. The minimum absolute atomic E-state index is 0.110. The van der Waals surface area contributed by atoms with Crippen LogP contribution in [0.15, 0.2) is 36.7 Å². The average Bonchev–Trinajstić information content (AvgIpc) is 3.33. The summed E-state index contributed by atoms with van der Waals surface area (Å²) in [6, 6.07) is 8.99. The lowest BCUT2D eigenvalue weighted by Crippen LogP contribution is -2.37. The molecule has 2 aromatic heterocycles. The zero-order chi connectivity index (χ0) is 25.2. The predicted octanol–water partition coefficient (Wildman–Crippen LogP) is 3.28. The van der Waals surface area contributed by atoms with E-state index in [1.54, 1.807) is 24.5 Å².